The van der Waals surface area contributed by atoms with Gasteiger partial charge in [0.05, 0.1) is 0 Å². The summed E-state index contributed by atoms with van der Waals surface area (Å²) in [6, 6.07) is 0. The van der Waals surface area contributed by atoms with E-state index in [0.29, 0.717) is 11.7 Å². The Balaban J connectivity index is 1.42. The van der Waals surface area contributed by atoms with Gasteiger partial charge < -0.3 is 0 Å². The molecule has 5 fully saturated rings. The van der Waals surface area contributed by atoms with Gasteiger partial charge in [0.1, 0.15) is 5.78 Å². The lowest BCUT2D eigenvalue weighted by Crippen LogP contribution is -2.21. The summed E-state index contributed by atoms with van der Waals surface area (Å²) in [4.78, 5) is 11.8. The normalized spacial score (nSPS) is 54.1. The number of hydrogen-bond donors (Lipinski definition) is 0. The maximum absolute atomic E-state index is 11.8. The summed E-state index contributed by atoms with van der Waals surface area (Å²) >= 11 is 0. The first-order valence-electron chi connectivity index (χ1n) is 8.26. The van der Waals surface area contributed by atoms with E-state index in [2.05, 4.69) is 6.92 Å². The summed E-state index contributed by atoms with van der Waals surface area (Å²) in [7, 11) is 0. The summed E-state index contributed by atoms with van der Waals surface area (Å²) in [5.74, 6) is 8.02. The van der Waals surface area contributed by atoms with E-state index < -0.39 is 0 Å². The second-order valence-corrected chi connectivity index (χ2v) is 7.52. The van der Waals surface area contributed by atoms with E-state index in [4.69, 9.17) is 0 Å². The molecule has 5 aliphatic rings. The van der Waals surface area contributed by atoms with Crippen LogP contribution in [0.1, 0.15) is 52.4 Å². The Bertz CT molecular complexity index is 374. The minimum absolute atomic E-state index is 0.479. The second kappa shape index (κ2) is 3.84. The number of ketones is 1. The molecule has 5 aliphatic carbocycles. The molecule has 100 valence electrons. The number of carbonyl (C=O) groups excluding carboxylic acids is 1. The quantitative estimate of drug-likeness (QED) is 0.649. The van der Waals surface area contributed by atoms with Crippen LogP contribution in [0.3, 0.4) is 0 Å². The van der Waals surface area contributed by atoms with Crippen molar-refractivity contribution in [2.45, 2.75) is 52.4 Å². The molecule has 0 heterocycles. The fraction of sp³-hybridized carbons (Fsp3) is 0.941. The monoisotopic (exact) mass is 246 g/mol. The van der Waals surface area contributed by atoms with Crippen molar-refractivity contribution < 1.29 is 4.79 Å². The van der Waals surface area contributed by atoms with E-state index >= 15 is 0 Å². The lowest BCUT2D eigenvalue weighted by Gasteiger charge is -2.20. The van der Waals surface area contributed by atoms with Crippen LogP contribution >= 0.6 is 0 Å². The molecule has 0 aromatic heterocycles. The maximum Gasteiger partial charge on any atom is 0.133 e. The third-order valence-electron chi connectivity index (χ3n) is 6.96. The molecule has 0 saturated heterocycles. The van der Waals surface area contributed by atoms with Crippen molar-refractivity contribution in [2.24, 2.45) is 47.3 Å². The molecule has 1 nitrogen and oxygen atoms in total. The Morgan fingerprint density at radius 2 is 1.83 bits per heavy atom. The van der Waals surface area contributed by atoms with Crippen LogP contribution < -0.4 is 0 Å². The Labute approximate surface area is 111 Å². The van der Waals surface area contributed by atoms with Crippen molar-refractivity contribution in [1.82, 2.24) is 0 Å². The summed E-state index contributed by atoms with van der Waals surface area (Å²) in [6.45, 7) is 4.14. The first-order chi connectivity index (χ1) is 8.75. The van der Waals surface area contributed by atoms with Crippen LogP contribution in [-0.2, 0) is 4.79 Å². The smallest absolute Gasteiger partial charge is 0.133 e. The molecular formula is C17H26O. The average Bonchev–Trinajstić information content (AvgIpc) is 2.65. The van der Waals surface area contributed by atoms with E-state index in [-0.39, 0.29) is 0 Å². The first kappa shape index (κ1) is 11.5. The zero-order chi connectivity index (χ0) is 12.4. The van der Waals surface area contributed by atoms with Gasteiger partial charge >= 0.3 is 0 Å². The van der Waals surface area contributed by atoms with E-state index in [1.807, 2.05) is 6.92 Å². The van der Waals surface area contributed by atoms with Gasteiger partial charge in [0.2, 0.25) is 0 Å². The zero-order valence-electron chi connectivity index (χ0n) is 11.8. The minimum Gasteiger partial charge on any atom is -0.300 e. The predicted octanol–water partition coefficient (Wildman–Crippen LogP) is 3.92. The molecule has 0 radical (unpaired) electrons. The number of Topliss-reactive ketones (excluding diaryl/α,β-unsaturated/α-hetero) is 1. The second-order valence-electron chi connectivity index (χ2n) is 7.52. The van der Waals surface area contributed by atoms with Crippen molar-refractivity contribution in [1.29, 1.82) is 0 Å². The lowest BCUT2D eigenvalue weighted by molar-refractivity contribution is -0.122. The Morgan fingerprint density at radius 3 is 2.50 bits per heavy atom. The molecule has 6 bridgehead atoms. The van der Waals surface area contributed by atoms with Crippen LogP contribution in [0, 0.1) is 47.3 Å². The predicted molar refractivity (Wildman–Crippen MR) is 72.0 cm³/mol. The SMILES string of the molecule is CCCCCC[C@@H]1[C@@H]2[C@H]3C[C@@H](C(C)=O)[C@@H]2[C@@H]2[C@H]3[C@H]12. The van der Waals surface area contributed by atoms with Gasteiger partial charge in [-0.15, -0.1) is 0 Å². The van der Waals surface area contributed by atoms with Crippen LogP contribution in [0.15, 0.2) is 0 Å². The fourth-order valence-corrected chi connectivity index (χ4v) is 6.63. The third kappa shape index (κ3) is 1.26. The number of hydrogen-bond acceptors (Lipinski definition) is 1. The number of rotatable bonds is 6. The van der Waals surface area contributed by atoms with Gasteiger partial charge in [-0.3, -0.25) is 4.79 Å². The van der Waals surface area contributed by atoms with E-state index in [0.717, 1.165) is 41.4 Å². The van der Waals surface area contributed by atoms with Crippen molar-refractivity contribution in [3.63, 3.8) is 0 Å². The molecule has 1 heteroatoms. The molecule has 0 spiro atoms. The Morgan fingerprint density at radius 1 is 1.00 bits per heavy atom. The van der Waals surface area contributed by atoms with Gasteiger partial charge in [0, 0.05) is 5.92 Å². The summed E-state index contributed by atoms with van der Waals surface area (Å²) in [6.07, 6.45) is 8.41. The molecular weight excluding hydrogens is 220 g/mol. The summed E-state index contributed by atoms with van der Waals surface area (Å²) in [5.41, 5.74) is 0. The molecule has 5 saturated carbocycles. The third-order valence-corrected chi connectivity index (χ3v) is 6.96. The maximum atomic E-state index is 11.8. The largest absolute Gasteiger partial charge is 0.300 e. The van der Waals surface area contributed by atoms with Crippen LogP contribution in [0.4, 0.5) is 0 Å². The van der Waals surface area contributed by atoms with Gasteiger partial charge in [0.15, 0.2) is 0 Å². The lowest BCUT2D eigenvalue weighted by atomic mass is 9.84. The highest BCUT2D eigenvalue weighted by Gasteiger charge is 2.81. The standard InChI is InChI=1S/C17H26O/c1-3-4-5-6-7-10-13-12-8-11(9(2)18)15(13)17-14(10)16(12)17/h10-17H,3-8H2,1-2H3/t10-,11+,12-,13-,14+,15+,16-,17-/m1/s1. The van der Waals surface area contributed by atoms with E-state index in [1.165, 1.54) is 38.5 Å². The molecule has 18 heavy (non-hydrogen) atoms. The van der Waals surface area contributed by atoms with Crippen LogP contribution in [0.2, 0.25) is 0 Å². The average molecular weight is 246 g/mol. The highest BCUT2D eigenvalue weighted by atomic mass is 16.1. The van der Waals surface area contributed by atoms with E-state index in [1.54, 1.807) is 0 Å². The van der Waals surface area contributed by atoms with Gasteiger partial charge in [0.25, 0.3) is 0 Å². The first-order valence-corrected chi connectivity index (χ1v) is 8.26. The van der Waals surface area contributed by atoms with Crippen LogP contribution in [-0.4, -0.2) is 5.78 Å². The minimum atomic E-state index is 0.479. The molecule has 0 N–H and O–H groups in total. The summed E-state index contributed by atoms with van der Waals surface area (Å²) < 4.78 is 0. The molecule has 0 unspecified atom stereocenters. The zero-order valence-corrected chi connectivity index (χ0v) is 11.8. The van der Waals surface area contributed by atoms with Gasteiger partial charge in [-0.25, -0.2) is 0 Å². The number of unbranched alkanes of at least 4 members (excludes halogenated alkanes) is 3. The van der Waals surface area contributed by atoms with Crippen LogP contribution in [0.5, 0.6) is 0 Å². The molecule has 8 atom stereocenters. The van der Waals surface area contributed by atoms with E-state index in [9.17, 15) is 4.79 Å². The Hall–Kier alpha value is -0.330. The highest BCUT2D eigenvalue weighted by Crippen LogP contribution is 2.84. The van der Waals surface area contributed by atoms with Crippen LogP contribution in [0.25, 0.3) is 0 Å². The molecule has 5 rings (SSSR count). The van der Waals surface area contributed by atoms with Gasteiger partial charge in [-0.2, -0.15) is 0 Å². The Kier molecular flexibility index (Phi) is 2.45. The molecule has 0 aromatic carbocycles. The summed E-state index contributed by atoms with van der Waals surface area (Å²) in [5, 5.41) is 0. The van der Waals surface area contributed by atoms with Crippen molar-refractivity contribution >= 4 is 5.78 Å². The highest BCUT2D eigenvalue weighted by molar-refractivity contribution is 5.79. The van der Waals surface area contributed by atoms with Gasteiger partial charge in [-0.05, 0) is 61.2 Å². The molecule has 0 aromatic rings. The van der Waals surface area contributed by atoms with Crippen molar-refractivity contribution in [3.05, 3.63) is 0 Å². The van der Waals surface area contributed by atoms with Crippen molar-refractivity contribution in [3.8, 4) is 0 Å². The molecule has 0 aliphatic heterocycles. The molecule has 0 amide bonds. The fourth-order valence-electron chi connectivity index (χ4n) is 6.63. The van der Waals surface area contributed by atoms with Gasteiger partial charge in [-0.1, -0.05) is 32.6 Å². The topological polar surface area (TPSA) is 17.1 Å². The van der Waals surface area contributed by atoms with Crippen molar-refractivity contribution in [2.75, 3.05) is 0 Å². The number of carbonyl (C=O) groups is 1.